The maximum absolute atomic E-state index is 6.11. The number of isothiocyanates is 3. The van der Waals surface area contributed by atoms with Crippen molar-refractivity contribution in [1.82, 2.24) is 0 Å². The van der Waals surface area contributed by atoms with Crippen molar-refractivity contribution < 1.29 is 4.74 Å². The van der Waals surface area contributed by atoms with Crippen LogP contribution in [0.4, 0.5) is 0 Å². The zero-order chi connectivity index (χ0) is 21.0. The first-order chi connectivity index (χ1) is 14.2. The van der Waals surface area contributed by atoms with Crippen LogP contribution in [0, 0.1) is 0 Å². The fourth-order valence-corrected chi connectivity index (χ4v) is 6.69. The third kappa shape index (κ3) is 7.86. The first kappa shape index (κ1) is 24.1. The molecule has 0 unspecified atom stereocenters. The van der Waals surface area contributed by atoms with E-state index < -0.39 is 8.56 Å². The van der Waals surface area contributed by atoms with Crippen LogP contribution < -0.4 is 0 Å². The Bertz CT molecular complexity index is 744. The minimum Gasteiger partial charge on any atom is -0.378 e. The molecule has 1 aliphatic carbocycles. The standard InChI is InChI=1S/C21H27N3OS3Si/c1-2-4-18-5-7-19(8-6-18)20-9-11-21(12-10-20)25-13-3-14-29(22-15-26,23-16-27)24-17-28/h5-8,20-21H,2-4,9-14H2,1H3/t20-,21-. The molecule has 0 N–H and O–H groups in total. The normalized spacial score (nSPS) is 20.4. The van der Waals surface area contributed by atoms with Crippen LogP contribution in [0.1, 0.15) is 62.5 Å². The van der Waals surface area contributed by atoms with Crippen molar-refractivity contribution in [2.75, 3.05) is 6.61 Å². The van der Waals surface area contributed by atoms with Crippen molar-refractivity contribution in [3.63, 3.8) is 0 Å². The Hall–Kier alpha value is -1.20. The van der Waals surface area contributed by atoms with Crippen molar-refractivity contribution in [3.05, 3.63) is 35.4 Å². The average molecular weight is 462 g/mol. The third-order valence-corrected chi connectivity index (χ3v) is 8.54. The summed E-state index contributed by atoms with van der Waals surface area (Å²) in [7, 11) is -2.80. The molecule has 0 bridgehead atoms. The molecule has 0 aromatic heterocycles. The third-order valence-electron chi connectivity index (χ3n) is 5.35. The molecule has 1 saturated carbocycles. The maximum atomic E-state index is 6.11. The van der Waals surface area contributed by atoms with E-state index >= 15 is 0 Å². The van der Waals surface area contributed by atoms with Crippen LogP contribution in [-0.4, -0.2) is 36.8 Å². The highest BCUT2D eigenvalue weighted by Gasteiger charge is 2.34. The molecule has 1 aromatic rings. The summed E-state index contributed by atoms with van der Waals surface area (Å²) in [6.07, 6.45) is 7.99. The average Bonchev–Trinajstić information content (AvgIpc) is 2.73. The largest absolute Gasteiger partial charge is 0.461 e. The Morgan fingerprint density at radius 3 is 2.07 bits per heavy atom. The molecule has 0 radical (unpaired) electrons. The summed E-state index contributed by atoms with van der Waals surface area (Å²) in [5.41, 5.74) is 2.90. The minimum absolute atomic E-state index is 0.318. The van der Waals surface area contributed by atoms with Crippen LogP contribution in [0.5, 0.6) is 0 Å². The van der Waals surface area contributed by atoms with Gasteiger partial charge in [-0.25, -0.2) is 14.0 Å². The molecule has 29 heavy (non-hydrogen) atoms. The zero-order valence-electron chi connectivity index (χ0n) is 16.8. The summed E-state index contributed by atoms with van der Waals surface area (Å²) in [4.78, 5) is 0. The minimum atomic E-state index is -2.80. The van der Waals surface area contributed by atoms with E-state index in [2.05, 4.69) is 60.6 Å². The van der Waals surface area contributed by atoms with Crippen LogP contribution in [0.2, 0.25) is 6.04 Å². The van der Waals surface area contributed by atoms with Gasteiger partial charge in [0.25, 0.3) is 0 Å². The Balaban J connectivity index is 1.77. The SMILES string of the molecule is CCCc1ccc([C@H]2CC[C@H](OCCC[Si](N=C=S)(N=C=S)N=C=S)CC2)cc1. The van der Waals surface area contributed by atoms with Crippen LogP contribution in [0.3, 0.4) is 0 Å². The molecule has 0 aliphatic heterocycles. The van der Waals surface area contributed by atoms with E-state index in [0.717, 1.165) is 25.7 Å². The lowest BCUT2D eigenvalue weighted by molar-refractivity contribution is 0.0250. The van der Waals surface area contributed by atoms with Gasteiger partial charge in [-0.05, 0) is 92.2 Å². The second kappa shape index (κ2) is 13.2. The van der Waals surface area contributed by atoms with Crippen LogP contribution >= 0.6 is 36.7 Å². The van der Waals surface area contributed by atoms with Crippen molar-refractivity contribution in [2.24, 2.45) is 14.0 Å². The molecule has 0 atom stereocenters. The van der Waals surface area contributed by atoms with E-state index in [1.165, 1.54) is 30.4 Å². The van der Waals surface area contributed by atoms with Gasteiger partial charge in [0, 0.05) is 12.7 Å². The Labute approximate surface area is 190 Å². The van der Waals surface area contributed by atoms with Gasteiger partial charge in [-0.2, -0.15) is 0 Å². The Kier molecular flexibility index (Phi) is 10.9. The molecular formula is C21H27N3OS3Si. The van der Waals surface area contributed by atoms with Crippen molar-refractivity contribution in [2.45, 2.75) is 69.9 Å². The number of nitrogens with zero attached hydrogens (tertiary/aromatic N) is 3. The molecular weight excluding hydrogens is 435 g/mol. The molecule has 0 spiro atoms. The van der Waals surface area contributed by atoms with Gasteiger partial charge < -0.3 is 4.74 Å². The monoisotopic (exact) mass is 461 g/mol. The summed E-state index contributed by atoms with van der Waals surface area (Å²) in [6, 6.07) is 9.80. The summed E-state index contributed by atoms with van der Waals surface area (Å²) >= 11 is 14.2. The maximum Gasteiger partial charge on any atom is 0.461 e. The Morgan fingerprint density at radius 1 is 0.966 bits per heavy atom. The fraction of sp³-hybridized carbons (Fsp3) is 0.571. The summed E-state index contributed by atoms with van der Waals surface area (Å²) in [5, 5.41) is 7.11. The fourth-order valence-electron chi connectivity index (χ4n) is 3.83. The first-order valence-corrected chi connectivity index (χ1v) is 13.4. The Morgan fingerprint density at radius 2 is 1.55 bits per heavy atom. The summed E-state index contributed by atoms with van der Waals surface area (Å²) < 4.78 is 18.5. The molecule has 0 saturated heterocycles. The number of ether oxygens (including phenoxy) is 1. The van der Waals surface area contributed by atoms with Crippen LogP contribution in [0.25, 0.3) is 0 Å². The highest BCUT2D eigenvalue weighted by atomic mass is 32.1. The highest BCUT2D eigenvalue weighted by molar-refractivity contribution is 7.78. The van der Waals surface area contributed by atoms with E-state index in [4.69, 9.17) is 41.4 Å². The van der Waals surface area contributed by atoms with Crippen molar-refractivity contribution in [3.8, 4) is 0 Å². The second-order valence-corrected chi connectivity index (χ2v) is 10.6. The zero-order valence-corrected chi connectivity index (χ0v) is 20.3. The van der Waals surface area contributed by atoms with Gasteiger partial charge in [0.05, 0.1) is 21.6 Å². The highest BCUT2D eigenvalue weighted by Crippen LogP contribution is 2.34. The molecule has 154 valence electrons. The van der Waals surface area contributed by atoms with Crippen molar-refractivity contribution in [1.29, 1.82) is 0 Å². The molecule has 1 aromatic carbocycles. The lowest BCUT2D eigenvalue weighted by Crippen LogP contribution is -2.28. The van der Waals surface area contributed by atoms with Crippen molar-refractivity contribution >= 4 is 60.7 Å². The predicted octanol–water partition coefficient (Wildman–Crippen LogP) is 6.32. The molecule has 1 aliphatic rings. The topological polar surface area (TPSA) is 46.3 Å². The number of hydrogen-bond acceptors (Lipinski definition) is 7. The van der Waals surface area contributed by atoms with Gasteiger partial charge >= 0.3 is 8.56 Å². The van der Waals surface area contributed by atoms with E-state index in [-0.39, 0.29) is 0 Å². The number of rotatable bonds is 11. The van der Waals surface area contributed by atoms with E-state index in [1.54, 1.807) is 0 Å². The molecule has 1 fully saturated rings. The van der Waals surface area contributed by atoms with Gasteiger partial charge in [-0.3, -0.25) is 0 Å². The predicted molar refractivity (Wildman–Crippen MR) is 132 cm³/mol. The molecule has 0 heterocycles. The summed E-state index contributed by atoms with van der Waals surface area (Å²) in [6.45, 7) is 2.86. The first-order valence-electron chi connectivity index (χ1n) is 10.1. The molecule has 0 amide bonds. The van der Waals surface area contributed by atoms with Gasteiger partial charge in [-0.15, -0.1) is 0 Å². The van der Waals surface area contributed by atoms with Crippen LogP contribution in [0.15, 0.2) is 38.2 Å². The van der Waals surface area contributed by atoms with E-state index in [0.29, 0.717) is 24.7 Å². The van der Waals surface area contributed by atoms with Gasteiger partial charge in [0.1, 0.15) is 0 Å². The number of benzene rings is 1. The summed E-state index contributed by atoms with van der Waals surface area (Å²) in [5.74, 6) is 0.649. The van der Waals surface area contributed by atoms with Gasteiger partial charge in [0.2, 0.25) is 0 Å². The number of hydrogen-bond donors (Lipinski definition) is 0. The second-order valence-electron chi connectivity index (χ2n) is 7.32. The van der Waals surface area contributed by atoms with E-state index in [9.17, 15) is 0 Å². The van der Waals surface area contributed by atoms with Gasteiger partial charge in [-0.1, -0.05) is 37.6 Å². The molecule has 2 rings (SSSR count). The van der Waals surface area contributed by atoms with E-state index in [1.807, 2.05) is 0 Å². The lowest BCUT2D eigenvalue weighted by Gasteiger charge is -2.29. The number of aryl methyl sites for hydroxylation is 1. The lowest BCUT2D eigenvalue weighted by atomic mass is 9.82. The smallest absolute Gasteiger partial charge is 0.378 e. The van der Waals surface area contributed by atoms with Gasteiger partial charge in [0.15, 0.2) is 0 Å². The molecule has 4 nitrogen and oxygen atoms in total. The quantitative estimate of drug-likeness (QED) is 0.167. The number of thiocarbonyl (C=S) groups is 3. The van der Waals surface area contributed by atoms with Crippen LogP contribution in [-0.2, 0) is 11.2 Å². The molecule has 8 heteroatoms.